The second-order valence-corrected chi connectivity index (χ2v) is 4.51. The number of imidazole rings is 1. The van der Waals surface area contributed by atoms with Crippen molar-refractivity contribution in [1.29, 1.82) is 0 Å². The lowest BCUT2D eigenvalue weighted by Crippen LogP contribution is -2.03. The molecular weight excluding hydrogens is 271 g/mol. The van der Waals surface area contributed by atoms with Gasteiger partial charge in [0, 0.05) is 12.4 Å². The van der Waals surface area contributed by atoms with Gasteiger partial charge in [0.2, 0.25) is 0 Å². The Labute approximate surface area is 118 Å². The number of halogens is 4. The molecule has 0 saturated heterocycles. The van der Waals surface area contributed by atoms with Crippen molar-refractivity contribution in [1.82, 2.24) is 9.55 Å². The van der Waals surface area contributed by atoms with Crippen LogP contribution in [0.1, 0.15) is 51.5 Å². The Hall–Kier alpha value is -1.27. The Kier molecular flexibility index (Phi) is 9.85. The van der Waals surface area contributed by atoms with Crippen LogP contribution >= 0.6 is 0 Å². The van der Waals surface area contributed by atoms with Gasteiger partial charge in [-0.1, -0.05) is 45.1 Å². The lowest BCUT2D eigenvalue weighted by molar-refractivity contribution is 0.368. The lowest BCUT2D eigenvalue weighted by atomic mass is 10.1. The Bertz CT molecular complexity index is 333. The van der Waals surface area contributed by atoms with Gasteiger partial charge >= 0.3 is 7.25 Å². The van der Waals surface area contributed by atoms with Crippen molar-refractivity contribution in [2.24, 2.45) is 0 Å². The molecule has 0 bridgehead atoms. The molecule has 1 unspecified atom stereocenters. The molecule has 1 aromatic rings. The standard InChI is InChI=1S/C13H22N2.BF4/c1-3-5-6-7-8-9-13(4-2)15-11-10-14-12-15;2-1(3,4)5/h4,10-13H,2-3,5-9H2,1H3;/q;-1. The summed E-state index contributed by atoms with van der Waals surface area (Å²) < 4.78 is 41.1. The van der Waals surface area contributed by atoms with E-state index in [4.69, 9.17) is 0 Å². The van der Waals surface area contributed by atoms with E-state index in [-0.39, 0.29) is 0 Å². The summed E-state index contributed by atoms with van der Waals surface area (Å²) >= 11 is 0. The Morgan fingerprint density at radius 1 is 1.20 bits per heavy atom. The van der Waals surface area contributed by atoms with Gasteiger partial charge < -0.3 is 21.8 Å². The van der Waals surface area contributed by atoms with E-state index in [1.807, 2.05) is 24.8 Å². The highest BCUT2D eigenvalue weighted by atomic mass is 19.5. The van der Waals surface area contributed by atoms with Gasteiger partial charge in [0.1, 0.15) is 0 Å². The molecule has 0 N–H and O–H groups in total. The SMILES string of the molecule is C=CC(CCCCCCC)n1ccnc1.F[B-](F)(F)F. The van der Waals surface area contributed by atoms with Gasteiger partial charge in [0.15, 0.2) is 0 Å². The third-order valence-corrected chi connectivity index (χ3v) is 2.78. The van der Waals surface area contributed by atoms with Crippen LogP contribution in [0.5, 0.6) is 0 Å². The fourth-order valence-corrected chi connectivity index (χ4v) is 1.81. The van der Waals surface area contributed by atoms with Crippen LogP contribution in [-0.2, 0) is 0 Å². The predicted molar refractivity (Wildman–Crippen MR) is 75.0 cm³/mol. The number of aromatic nitrogens is 2. The lowest BCUT2D eigenvalue weighted by Gasteiger charge is -2.13. The Morgan fingerprint density at radius 2 is 1.80 bits per heavy atom. The van der Waals surface area contributed by atoms with Crippen LogP contribution in [0.3, 0.4) is 0 Å². The topological polar surface area (TPSA) is 17.8 Å². The second-order valence-electron chi connectivity index (χ2n) is 4.51. The van der Waals surface area contributed by atoms with E-state index in [0.717, 1.165) is 0 Å². The Balaban J connectivity index is 0.000000621. The molecule has 1 rings (SSSR count). The van der Waals surface area contributed by atoms with Crippen molar-refractivity contribution in [3.05, 3.63) is 31.4 Å². The first-order valence-electron chi connectivity index (χ1n) is 6.85. The van der Waals surface area contributed by atoms with E-state index in [1.54, 1.807) is 0 Å². The summed E-state index contributed by atoms with van der Waals surface area (Å²) in [5.41, 5.74) is 0. The van der Waals surface area contributed by atoms with Crippen molar-refractivity contribution >= 4 is 7.25 Å². The van der Waals surface area contributed by atoms with Crippen LogP contribution in [0.25, 0.3) is 0 Å². The van der Waals surface area contributed by atoms with E-state index in [0.29, 0.717) is 6.04 Å². The molecule has 2 nitrogen and oxygen atoms in total. The van der Waals surface area contributed by atoms with Gasteiger partial charge in [-0.05, 0) is 6.42 Å². The van der Waals surface area contributed by atoms with Crippen LogP contribution in [0.2, 0.25) is 0 Å². The summed E-state index contributed by atoms with van der Waals surface area (Å²) in [6.45, 7) is 6.13. The fourth-order valence-electron chi connectivity index (χ4n) is 1.81. The highest BCUT2D eigenvalue weighted by molar-refractivity contribution is 6.50. The highest BCUT2D eigenvalue weighted by Gasteiger charge is 2.20. The fraction of sp³-hybridized carbons (Fsp3) is 0.615. The van der Waals surface area contributed by atoms with E-state index in [1.165, 1.54) is 38.5 Å². The molecular formula is C13H22BF4N2-. The number of hydrogen-bond donors (Lipinski definition) is 0. The summed E-state index contributed by atoms with van der Waals surface area (Å²) in [4.78, 5) is 4.06. The van der Waals surface area contributed by atoms with Crippen molar-refractivity contribution in [2.75, 3.05) is 0 Å². The molecule has 0 amide bonds. The summed E-state index contributed by atoms with van der Waals surface area (Å²) in [5.74, 6) is 0. The van der Waals surface area contributed by atoms with Crippen LogP contribution in [-0.4, -0.2) is 16.8 Å². The first-order valence-corrected chi connectivity index (χ1v) is 6.85. The molecule has 1 atom stereocenters. The predicted octanol–water partition coefficient (Wildman–Crippen LogP) is 5.27. The average molecular weight is 293 g/mol. The molecule has 20 heavy (non-hydrogen) atoms. The maximum Gasteiger partial charge on any atom is 0.673 e. The van der Waals surface area contributed by atoms with E-state index in [2.05, 4.69) is 23.1 Å². The minimum absolute atomic E-state index is 0.425. The Morgan fingerprint density at radius 3 is 2.25 bits per heavy atom. The van der Waals surface area contributed by atoms with Gasteiger partial charge in [-0.3, -0.25) is 0 Å². The summed E-state index contributed by atoms with van der Waals surface area (Å²) in [5, 5.41) is 0. The minimum Gasteiger partial charge on any atom is -0.418 e. The molecule has 1 heterocycles. The summed E-state index contributed by atoms with van der Waals surface area (Å²) in [6.07, 6.45) is 15.6. The number of rotatable bonds is 8. The second kappa shape index (κ2) is 10.5. The molecule has 0 aliphatic carbocycles. The number of unbranched alkanes of at least 4 members (excludes halogenated alkanes) is 4. The molecule has 0 aliphatic rings. The maximum absolute atomic E-state index is 9.75. The zero-order valence-corrected chi connectivity index (χ0v) is 11.8. The van der Waals surface area contributed by atoms with Crippen molar-refractivity contribution in [3.63, 3.8) is 0 Å². The maximum atomic E-state index is 9.75. The quantitative estimate of drug-likeness (QED) is 0.276. The van der Waals surface area contributed by atoms with Gasteiger partial charge in [0.25, 0.3) is 0 Å². The molecule has 0 fully saturated rings. The smallest absolute Gasteiger partial charge is 0.418 e. The van der Waals surface area contributed by atoms with E-state index >= 15 is 0 Å². The molecule has 0 saturated carbocycles. The average Bonchev–Trinajstić information content (AvgIpc) is 2.85. The van der Waals surface area contributed by atoms with Crippen molar-refractivity contribution in [2.45, 2.75) is 51.5 Å². The molecule has 0 radical (unpaired) electrons. The van der Waals surface area contributed by atoms with Gasteiger partial charge in [-0.25, -0.2) is 4.98 Å². The monoisotopic (exact) mass is 293 g/mol. The van der Waals surface area contributed by atoms with E-state index < -0.39 is 7.25 Å². The van der Waals surface area contributed by atoms with Gasteiger partial charge in [-0.2, -0.15) is 0 Å². The molecule has 0 aromatic carbocycles. The van der Waals surface area contributed by atoms with Crippen LogP contribution in [0.4, 0.5) is 17.3 Å². The molecule has 116 valence electrons. The van der Waals surface area contributed by atoms with Crippen LogP contribution in [0, 0.1) is 0 Å². The summed E-state index contributed by atoms with van der Waals surface area (Å²) in [6, 6.07) is 0.425. The number of nitrogens with zero attached hydrogens (tertiary/aromatic N) is 2. The highest BCUT2D eigenvalue weighted by Crippen LogP contribution is 2.17. The first kappa shape index (κ1) is 18.7. The zero-order chi connectivity index (χ0) is 15.4. The molecule has 7 heteroatoms. The summed E-state index contributed by atoms with van der Waals surface area (Å²) in [7, 11) is -6.00. The van der Waals surface area contributed by atoms with Crippen molar-refractivity contribution in [3.8, 4) is 0 Å². The molecule has 1 aromatic heterocycles. The number of allylic oxidation sites excluding steroid dienone is 1. The first-order chi connectivity index (χ1) is 9.38. The van der Waals surface area contributed by atoms with Crippen LogP contribution < -0.4 is 0 Å². The normalized spacial score (nSPS) is 12.4. The minimum atomic E-state index is -6.00. The van der Waals surface area contributed by atoms with Gasteiger partial charge in [-0.15, -0.1) is 6.58 Å². The zero-order valence-electron chi connectivity index (χ0n) is 11.8. The van der Waals surface area contributed by atoms with E-state index in [9.17, 15) is 17.3 Å². The largest absolute Gasteiger partial charge is 0.673 e. The molecule has 0 aliphatic heterocycles. The number of hydrogen-bond acceptors (Lipinski definition) is 1. The van der Waals surface area contributed by atoms with Crippen LogP contribution in [0.15, 0.2) is 31.4 Å². The van der Waals surface area contributed by atoms with Crippen molar-refractivity contribution < 1.29 is 17.3 Å². The van der Waals surface area contributed by atoms with Gasteiger partial charge in [0.05, 0.1) is 12.4 Å². The molecule has 0 spiro atoms. The third kappa shape index (κ3) is 11.8. The third-order valence-electron chi connectivity index (χ3n) is 2.78.